The predicted molar refractivity (Wildman–Crippen MR) is 108 cm³/mol. The van der Waals surface area contributed by atoms with Gasteiger partial charge >= 0.3 is 0 Å². The Bertz CT molecular complexity index is 884. The maximum Gasteiger partial charge on any atom is 0.261 e. The van der Waals surface area contributed by atoms with E-state index in [9.17, 15) is 13.2 Å². The van der Waals surface area contributed by atoms with Gasteiger partial charge in [0.15, 0.2) is 0 Å². The number of hydrogen-bond donors (Lipinski definition) is 1. The van der Waals surface area contributed by atoms with Gasteiger partial charge < -0.3 is 4.90 Å². The summed E-state index contributed by atoms with van der Waals surface area (Å²) in [5.41, 5.74) is 2.15. The lowest BCUT2D eigenvalue weighted by Crippen LogP contribution is -2.27. The maximum atomic E-state index is 12.6. The van der Waals surface area contributed by atoms with Crippen LogP contribution in [0.2, 0.25) is 0 Å². The summed E-state index contributed by atoms with van der Waals surface area (Å²) in [4.78, 5) is 14.4. The van der Waals surface area contributed by atoms with Crippen LogP contribution >= 0.6 is 0 Å². The molecule has 1 saturated heterocycles. The summed E-state index contributed by atoms with van der Waals surface area (Å²) in [5, 5.41) is 0. The number of benzene rings is 2. The fraction of sp³-hybridized carbons (Fsp3) is 0.381. The highest BCUT2D eigenvalue weighted by Crippen LogP contribution is 2.22. The van der Waals surface area contributed by atoms with Crippen molar-refractivity contribution in [1.82, 2.24) is 4.90 Å². The normalized spacial score (nSPS) is 15.6. The number of sulfonamides is 1. The molecule has 0 saturated carbocycles. The predicted octanol–water partition coefficient (Wildman–Crippen LogP) is 4.24. The van der Waals surface area contributed by atoms with Crippen LogP contribution in [0.3, 0.4) is 0 Å². The number of carbonyl (C=O) groups is 1. The van der Waals surface area contributed by atoms with Crippen molar-refractivity contribution in [3.05, 3.63) is 59.7 Å². The molecule has 1 aliphatic rings. The highest BCUT2D eigenvalue weighted by atomic mass is 32.2. The first-order valence-corrected chi connectivity index (χ1v) is 10.9. The maximum absolute atomic E-state index is 12.6. The molecule has 1 unspecified atom stereocenters. The van der Waals surface area contributed by atoms with Gasteiger partial charge in [0.2, 0.25) is 0 Å². The standard InChI is InChI=1S/C21H26N2O3S/c1-3-16(2)17-8-12-20(13-9-17)27(25,26)22-19-10-6-18(7-11-19)21(24)23-14-4-5-15-23/h6-13,16,22H,3-5,14-15H2,1-2H3. The zero-order chi connectivity index (χ0) is 19.4. The fourth-order valence-corrected chi connectivity index (χ4v) is 4.27. The van der Waals surface area contributed by atoms with Gasteiger partial charge in [-0.3, -0.25) is 9.52 Å². The van der Waals surface area contributed by atoms with Crippen LogP contribution in [-0.2, 0) is 10.0 Å². The monoisotopic (exact) mass is 386 g/mol. The van der Waals surface area contributed by atoms with Crippen molar-refractivity contribution >= 4 is 21.6 Å². The minimum absolute atomic E-state index is 0.00235. The fourth-order valence-electron chi connectivity index (χ4n) is 3.21. The van der Waals surface area contributed by atoms with Gasteiger partial charge in [0.05, 0.1) is 4.90 Å². The molecule has 2 aromatic rings. The molecule has 2 aromatic carbocycles. The van der Waals surface area contributed by atoms with Crippen LogP contribution < -0.4 is 4.72 Å². The number of nitrogens with one attached hydrogen (secondary N) is 1. The lowest BCUT2D eigenvalue weighted by atomic mass is 9.99. The Balaban J connectivity index is 1.71. The van der Waals surface area contributed by atoms with E-state index in [-0.39, 0.29) is 10.8 Å². The Morgan fingerprint density at radius 2 is 1.63 bits per heavy atom. The molecule has 0 bridgehead atoms. The van der Waals surface area contributed by atoms with Crippen molar-refractivity contribution in [3.8, 4) is 0 Å². The third kappa shape index (κ3) is 4.50. The minimum Gasteiger partial charge on any atom is -0.339 e. The third-order valence-electron chi connectivity index (χ3n) is 5.15. The quantitative estimate of drug-likeness (QED) is 0.808. The van der Waals surface area contributed by atoms with Crippen LogP contribution in [0, 0.1) is 0 Å². The summed E-state index contributed by atoms with van der Waals surface area (Å²) in [6, 6.07) is 13.6. The van der Waals surface area contributed by atoms with Crippen LogP contribution in [-0.4, -0.2) is 32.3 Å². The number of rotatable bonds is 6. The zero-order valence-corrected chi connectivity index (χ0v) is 16.6. The largest absolute Gasteiger partial charge is 0.339 e. The van der Waals surface area contributed by atoms with E-state index in [0.717, 1.165) is 37.9 Å². The average Bonchev–Trinajstić information content (AvgIpc) is 3.22. The third-order valence-corrected chi connectivity index (χ3v) is 6.55. The highest BCUT2D eigenvalue weighted by molar-refractivity contribution is 7.92. The van der Waals surface area contributed by atoms with Gasteiger partial charge in [0.1, 0.15) is 0 Å². The molecule has 1 heterocycles. The van der Waals surface area contributed by atoms with Crippen LogP contribution in [0.25, 0.3) is 0 Å². The smallest absolute Gasteiger partial charge is 0.261 e. The summed E-state index contributed by atoms with van der Waals surface area (Å²) in [7, 11) is -3.66. The van der Waals surface area contributed by atoms with E-state index in [1.165, 1.54) is 0 Å². The SMILES string of the molecule is CCC(C)c1ccc(S(=O)(=O)Nc2ccc(C(=O)N3CCCC3)cc2)cc1. The van der Waals surface area contributed by atoms with E-state index < -0.39 is 10.0 Å². The molecular weight excluding hydrogens is 360 g/mol. The van der Waals surface area contributed by atoms with Crippen LogP contribution in [0.15, 0.2) is 53.4 Å². The Morgan fingerprint density at radius 3 is 2.19 bits per heavy atom. The molecule has 1 amide bonds. The van der Waals surface area contributed by atoms with Gasteiger partial charge in [0, 0.05) is 24.3 Å². The zero-order valence-electron chi connectivity index (χ0n) is 15.8. The number of likely N-dealkylation sites (tertiary alicyclic amines) is 1. The Hall–Kier alpha value is -2.34. The molecule has 0 radical (unpaired) electrons. The van der Waals surface area contributed by atoms with Gasteiger partial charge in [-0.2, -0.15) is 0 Å². The molecule has 6 heteroatoms. The van der Waals surface area contributed by atoms with E-state index in [4.69, 9.17) is 0 Å². The lowest BCUT2D eigenvalue weighted by molar-refractivity contribution is 0.0793. The first-order chi connectivity index (χ1) is 12.9. The number of nitrogens with zero attached hydrogens (tertiary/aromatic N) is 1. The second kappa shape index (κ2) is 8.13. The number of hydrogen-bond acceptors (Lipinski definition) is 3. The van der Waals surface area contributed by atoms with Crippen LogP contribution in [0.5, 0.6) is 0 Å². The van der Waals surface area contributed by atoms with Crippen LogP contribution in [0.4, 0.5) is 5.69 Å². The Labute approximate surface area is 161 Å². The second-order valence-electron chi connectivity index (χ2n) is 7.06. The topological polar surface area (TPSA) is 66.5 Å². The van der Waals surface area contributed by atoms with Crippen molar-refractivity contribution in [2.75, 3.05) is 17.8 Å². The molecule has 27 heavy (non-hydrogen) atoms. The average molecular weight is 387 g/mol. The molecule has 1 atom stereocenters. The summed E-state index contributed by atoms with van der Waals surface area (Å²) in [5.74, 6) is 0.401. The Morgan fingerprint density at radius 1 is 1.04 bits per heavy atom. The summed E-state index contributed by atoms with van der Waals surface area (Å²) in [6.07, 6.45) is 3.09. The van der Waals surface area contributed by atoms with E-state index in [1.54, 1.807) is 36.4 Å². The number of amides is 1. The van der Waals surface area contributed by atoms with Crippen molar-refractivity contribution in [2.45, 2.75) is 43.9 Å². The molecule has 1 fully saturated rings. The van der Waals surface area contributed by atoms with Crippen molar-refractivity contribution in [3.63, 3.8) is 0 Å². The summed E-state index contributed by atoms with van der Waals surface area (Å²) in [6.45, 7) is 5.81. The molecule has 1 aliphatic heterocycles. The molecule has 5 nitrogen and oxygen atoms in total. The molecule has 1 N–H and O–H groups in total. The van der Waals surface area contributed by atoms with Gasteiger partial charge in [-0.1, -0.05) is 26.0 Å². The molecular formula is C21H26N2O3S. The number of anilines is 1. The Kier molecular flexibility index (Phi) is 5.85. The van der Waals surface area contributed by atoms with Crippen molar-refractivity contribution in [1.29, 1.82) is 0 Å². The molecule has 0 spiro atoms. The van der Waals surface area contributed by atoms with Crippen LogP contribution in [0.1, 0.15) is 54.9 Å². The first kappa shape index (κ1) is 19.4. The minimum atomic E-state index is -3.66. The molecule has 0 aliphatic carbocycles. The lowest BCUT2D eigenvalue weighted by Gasteiger charge is -2.15. The highest BCUT2D eigenvalue weighted by Gasteiger charge is 2.20. The van der Waals surface area contributed by atoms with Gasteiger partial charge in [-0.25, -0.2) is 8.42 Å². The van der Waals surface area contributed by atoms with E-state index >= 15 is 0 Å². The van der Waals surface area contributed by atoms with E-state index in [1.807, 2.05) is 17.0 Å². The number of carbonyl (C=O) groups excluding carboxylic acids is 1. The molecule has 144 valence electrons. The van der Waals surface area contributed by atoms with Gasteiger partial charge in [-0.15, -0.1) is 0 Å². The van der Waals surface area contributed by atoms with E-state index in [2.05, 4.69) is 18.6 Å². The summed E-state index contributed by atoms with van der Waals surface area (Å²) < 4.78 is 27.8. The van der Waals surface area contributed by atoms with E-state index in [0.29, 0.717) is 17.2 Å². The van der Waals surface area contributed by atoms with Crippen molar-refractivity contribution < 1.29 is 13.2 Å². The van der Waals surface area contributed by atoms with Crippen molar-refractivity contribution in [2.24, 2.45) is 0 Å². The second-order valence-corrected chi connectivity index (χ2v) is 8.74. The molecule has 0 aromatic heterocycles. The molecule has 3 rings (SSSR count). The van der Waals surface area contributed by atoms with Gasteiger partial charge in [-0.05, 0) is 67.1 Å². The first-order valence-electron chi connectivity index (χ1n) is 9.43. The van der Waals surface area contributed by atoms with Gasteiger partial charge in [0.25, 0.3) is 15.9 Å². The summed E-state index contributed by atoms with van der Waals surface area (Å²) >= 11 is 0.